The topological polar surface area (TPSA) is 91.0 Å². The number of hydrogen-bond donors (Lipinski definition) is 2. The number of nitrogens with zero attached hydrogens (tertiary/aromatic N) is 3. The molecule has 1 unspecified atom stereocenters. The van der Waals surface area contributed by atoms with E-state index in [1.807, 2.05) is 0 Å². The van der Waals surface area contributed by atoms with Gasteiger partial charge in [0.15, 0.2) is 5.96 Å². The zero-order valence-corrected chi connectivity index (χ0v) is 16.4. The summed E-state index contributed by atoms with van der Waals surface area (Å²) in [6, 6.07) is 0. The van der Waals surface area contributed by atoms with Gasteiger partial charge in [-0.1, -0.05) is 19.3 Å². The minimum absolute atomic E-state index is 0.00679. The highest BCUT2D eigenvalue weighted by atomic mass is 16.2. The first-order valence-electron chi connectivity index (χ1n) is 9.97. The zero-order valence-electron chi connectivity index (χ0n) is 16.4. The lowest BCUT2D eigenvalue weighted by atomic mass is 9.89. The van der Waals surface area contributed by atoms with E-state index in [1.165, 1.54) is 32.1 Å². The van der Waals surface area contributed by atoms with Crippen LogP contribution in [0.1, 0.15) is 51.4 Å². The summed E-state index contributed by atoms with van der Waals surface area (Å²) in [6.07, 6.45) is 8.95. The predicted octanol–water partition coefficient (Wildman–Crippen LogP) is 1.19. The monoisotopic (exact) mass is 365 g/mol. The molecular formula is C19H35N5O2. The molecule has 1 saturated heterocycles. The average Bonchev–Trinajstić information content (AvgIpc) is 2.62. The number of likely N-dealkylation sites (tertiary alicyclic amines) is 1. The molecule has 0 aromatic carbocycles. The SMILES string of the molecule is CN(C)C(=O)CN=C(NCC1CCCCC1)N1CCCC(CC(N)=O)C1. The Bertz CT molecular complexity index is 500. The normalized spacial score (nSPS) is 22.2. The van der Waals surface area contributed by atoms with Gasteiger partial charge < -0.3 is 20.9 Å². The van der Waals surface area contributed by atoms with E-state index in [1.54, 1.807) is 19.0 Å². The third-order valence-corrected chi connectivity index (χ3v) is 5.44. The Labute approximate surface area is 157 Å². The maximum atomic E-state index is 12.0. The van der Waals surface area contributed by atoms with Crippen molar-refractivity contribution >= 4 is 17.8 Å². The van der Waals surface area contributed by atoms with Gasteiger partial charge in [-0.25, -0.2) is 4.99 Å². The van der Waals surface area contributed by atoms with E-state index in [-0.39, 0.29) is 24.3 Å². The number of piperidine rings is 1. The number of carbonyl (C=O) groups is 2. The molecule has 1 saturated carbocycles. The van der Waals surface area contributed by atoms with Crippen molar-refractivity contribution in [3.05, 3.63) is 0 Å². The third kappa shape index (κ3) is 6.84. The molecule has 0 radical (unpaired) electrons. The van der Waals surface area contributed by atoms with Crippen LogP contribution >= 0.6 is 0 Å². The average molecular weight is 366 g/mol. The lowest BCUT2D eigenvalue weighted by Crippen LogP contribution is -2.48. The summed E-state index contributed by atoms with van der Waals surface area (Å²) in [4.78, 5) is 31.6. The number of primary amides is 1. The van der Waals surface area contributed by atoms with Gasteiger partial charge in [-0.15, -0.1) is 0 Å². The lowest BCUT2D eigenvalue weighted by molar-refractivity contribution is -0.127. The Kier molecular flexibility index (Phi) is 8.19. The van der Waals surface area contributed by atoms with Gasteiger partial charge in [-0.3, -0.25) is 9.59 Å². The second kappa shape index (κ2) is 10.4. The van der Waals surface area contributed by atoms with Crippen molar-refractivity contribution in [3.8, 4) is 0 Å². The number of amides is 2. The van der Waals surface area contributed by atoms with Crippen LogP contribution in [-0.4, -0.2) is 67.8 Å². The van der Waals surface area contributed by atoms with E-state index < -0.39 is 0 Å². The molecule has 148 valence electrons. The summed E-state index contributed by atoms with van der Waals surface area (Å²) in [5.74, 6) is 1.51. The lowest BCUT2D eigenvalue weighted by Gasteiger charge is -2.35. The highest BCUT2D eigenvalue weighted by molar-refractivity contribution is 5.85. The van der Waals surface area contributed by atoms with Crippen LogP contribution in [0, 0.1) is 11.8 Å². The molecule has 2 aliphatic rings. The molecular weight excluding hydrogens is 330 g/mol. The van der Waals surface area contributed by atoms with Gasteiger partial charge in [0.05, 0.1) is 0 Å². The highest BCUT2D eigenvalue weighted by Crippen LogP contribution is 2.23. The zero-order chi connectivity index (χ0) is 18.9. The molecule has 1 aliphatic carbocycles. The van der Waals surface area contributed by atoms with Gasteiger partial charge >= 0.3 is 0 Å². The third-order valence-electron chi connectivity index (χ3n) is 5.44. The Morgan fingerprint density at radius 3 is 2.46 bits per heavy atom. The number of nitrogens with one attached hydrogen (secondary N) is 1. The largest absolute Gasteiger partial charge is 0.370 e. The van der Waals surface area contributed by atoms with Crippen molar-refractivity contribution < 1.29 is 9.59 Å². The predicted molar refractivity (Wildman–Crippen MR) is 104 cm³/mol. The standard InChI is InChI=1S/C19H35N5O2/c1-23(2)18(26)13-22-19(21-12-15-7-4-3-5-8-15)24-10-6-9-16(14-24)11-17(20)25/h15-16H,3-14H2,1-2H3,(H2,20,25)(H,21,22). The first-order valence-corrected chi connectivity index (χ1v) is 9.97. The first kappa shape index (κ1) is 20.5. The van der Waals surface area contributed by atoms with Gasteiger partial charge in [-0.05, 0) is 37.5 Å². The Morgan fingerprint density at radius 2 is 1.81 bits per heavy atom. The molecule has 2 fully saturated rings. The number of guanidine groups is 1. The molecule has 2 rings (SSSR count). The van der Waals surface area contributed by atoms with E-state index in [9.17, 15) is 9.59 Å². The van der Waals surface area contributed by atoms with Crippen LogP contribution in [0.25, 0.3) is 0 Å². The maximum absolute atomic E-state index is 12.0. The molecule has 1 atom stereocenters. The second-order valence-corrected chi connectivity index (χ2v) is 7.94. The molecule has 1 aliphatic heterocycles. The highest BCUT2D eigenvalue weighted by Gasteiger charge is 2.24. The molecule has 7 heteroatoms. The number of likely N-dealkylation sites (N-methyl/N-ethyl adjacent to an activating group) is 1. The summed E-state index contributed by atoms with van der Waals surface area (Å²) in [5.41, 5.74) is 5.38. The molecule has 0 bridgehead atoms. The van der Waals surface area contributed by atoms with Crippen LogP contribution in [0.3, 0.4) is 0 Å². The van der Waals surface area contributed by atoms with E-state index in [0.717, 1.165) is 38.4 Å². The molecule has 1 heterocycles. The van der Waals surface area contributed by atoms with E-state index in [2.05, 4.69) is 15.2 Å². The summed E-state index contributed by atoms with van der Waals surface area (Å²) < 4.78 is 0. The number of aliphatic imine (C=N–C) groups is 1. The van der Waals surface area contributed by atoms with Crippen molar-refractivity contribution in [1.29, 1.82) is 0 Å². The fraction of sp³-hybridized carbons (Fsp3) is 0.842. The van der Waals surface area contributed by atoms with E-state index >= 15 is 0 Å². The van der Waals surface area contributed by atoms with Crippen LogP contribution in [0.2, 0.25) is 0 Å². The Morgan fingerprint density at radius 1 is 1.12 bits per heavy atom. The Balaban J connectivity index is 1.99. The van der Waals surface area contributed by atoms with Gasteiger partial charge in [0.25, 0.3) is 0 Å². The minimum atomic E-state index is -0.242. The quantitative estimate of drug-likeness (QED) is 0.546. The van der Waals surface area contributed by atoms with Crippen LogP contribution in [-0.2, 0) is 9.59 Å². The van der Waals surface area contributed by atoms with Crippen LogP contribution in [0.5, 0.6) is 0 Å². The number of hydrogen-bond acceptors (Lipinski definition) is 3. The molecule has 3 N–H and O–H groups in total. The van der Waals surface area contributed by atoms with Crippen LogP contribution in [0.4, 0.5) is 0 Å². The summed E-state index contributed by atoms with van der Waals surface area (Å²) in [7, 11) is 3.49. The van der Waals surface area contributed by atoms with Gasteiger partial charge in [0.1, 0.15) is 6.54 Å². The number of nitrogens with two attached hydrogens (primary N) is 1. The van der Waals surface area contributed by atoms with E-state index in [0.29, 0.717) is 12.3 Å². The molecule has 0 aromatic rings. The van der Waals surface area contributed by atoms with Crippen molar-refractivity contribution in [2.75, 3.05) is 40.3 Å². The minimum Gasteiger partial charge on any atom is -0.370 e. The smallest absolute Gasteiger partial charge is 0.243 e. The van der Waals surface area contributed by atoms with Crippen LogP contribution < -0.4 is 11.1 Å². The number of rotatable bonds is 6. The van der Waals surface area contributed by atoms with Crippen molar-refractivity contribution in [3.63, 3.8) is 0 Å². The summed E-state index contributed by atoms with van der Waals surface area (Å²) in [5, 5.41) is 3.52. The second-order valence-electron chi connectivity index (χ2n) is 7.94. The van der Waals surface area contributed by atoms with Crippen molar-refractivity contribution in [1.82, 2.24) is 15.1 Å². The van der Waals surface area contributed by atoms with Gasteiger partial charge in [0.2, 0.25) is 11.8 Å². The van der Waals surface area contributed by atoms with E-state index in [4.69, 9.17) is 5.73 Å². The molecule has 26 heavy (non-hydrogen) atoms. The van der Waals surface area contributed by atoms with Crippen molar-refractivity contribution in [2.24, 2.45) is 22.6 Å². The molecule has 7 nitrogen and oxygen atoms in total. The summed E-state index contributed by atoms with van der Waals surface area (Å²) >= 11 is 0. The molecule has 0 aromatic heterocycles. The first-order chi connectivity index (χ1) is 12.5. The summed E-state index contributed by atoms with van der Waals surface area (Å²) in [6.45, 7) is 2.74. The number of carbonyl (C=O) groups excluding carboxylic acids is 2. The fourth-order valence-electron chi connectivity index (χ4n) is 3.89. The van der Waals surface area contributed by atoms with Crippen LogP contribution in [0.15, 0.2) is 4.99 Å². The van der Waals surface area contributed by atoms with Gasteiger partial charge in [-0.2, -0.15) is 0 Å². The van der Waals surface area contributed by atoms with Crippen molar-refractivity contribution in [2.45, 2.75) is 51.4 Å². The Hall–Kier alpha value is -1.79. The molecule has 2 amide bonds. The fourth-order valence-corrected chi connectivity index (χ4v) is 3.89. The maximum Gasteiger partial charge on any atom is 0.243 e. The molecule has 0 spiro atoms. The van der Waals surface area contributed by atoms with Gasteiger partial charge in [0, 0.05) is 40.2 Å².